The van der Waals surface area contributed by atoms with Gasteiger partial charge in [-0.05, 0) is 24.6 Å². The highest BCUT2D eigenvalue weighted by Gasteiger charge is 2.21. The third-order valence-corrected chi connectivity index (χ3v) is 2.19. The third kappa shape index (κ3) is 1.54. The number of rotatable bonds is 1. The van der Waals surface area contributed by atoms with Crippen molar-refractivity contribution in [3.05, 3.63) is 30.1 Å². The van der Waals surface area contributed by atoms with E-state index in [1.54, 1.807) is 17.0 Å². The molecule has 0 saturated carbocycles. The van der Waals surface area contributed by atoms with Crippen molar-refractivity contribution in [1.29, 1.82) is 0 Å². The van der Waals surface area contributed by atoms with Crippen LogP contribution in [-0.2, 0) is 4.79 Å². The molecule has 0 atom stereocenters. The Bertz CT molecular complexity index is 337. The topological polar surface area (TPSA) is 20.3 Å². The van der Waals surface area contributed by atoms with Crippen LogP contribution in [0.2, 0.25) is 0 Å². The highest BCUT2D eigenvalue weighted by atomic mass is 19.1. The first-order chi connectivity index (χ1) is 6.27. The Morgan fingerprint density at radius 3 is 2.85 bits per heavy atom. The first-order valence-electron chi connectivity index (χ1n) is 4.33. The minimum Gasteiger partial charge on any atom is -0.312 e. The lowest BCUT2D eigenvalue weighted by Crippen LogP contribution is -2.23. The molecule has 3 heteroatoms. The maximum absolute atomic E-state index is 12.8. The molecule has 0 bridgehead atoms. The van der Waals surface area contributed by atoms with Crippen LogP contribution in [0.5, 0.6) is 0 Å². The van der Waals surface area contributed by atoms with Gasteiger partial charge in [0.1, 0.15) is 5.82 Å². The molecule has 0 unspecified atom stereocenters. The Balaban J connectivity index is 2.29. The van der Waals surface area contributed by atoms with E-state index in [1.807, 2.05) is 0 Å². The molecular formula is C10H10FNO. The van der Waals surface area contributed by atoms with Crippen molar-refractivity contribution in [2.75, 3.05) is 11.4 Å². The molecule has 2 rings (SSSR count). The van der Waals surface area contributed by atoms with Gasteiger partial charge in [0.05, 0.1) is 0 Å². The molecule has 2 nitrogen and oxygen atoms in total. The maximum atomic E-state index is 12.8. The van der Waals surface area contributed by atoms with Gasteiger partial charge in [0.25, 0.3) is 0 Å². The van der Waals surface area contributed by atoms with Crippen LogP contribution in [0.25, 0.3) is 0 Å². The Labute approximate surface area is 76.0 Å². The Morgan fingerprint density at radius 2 is 2.23 bits per heavy atom. The second-order valence-electron chi connectivity index (χ2n) is 3.13. The second-order valence-corrected chi connectivity index (χ2v) is 3.13. The number of hydrogen-bond donors (Lipinski definition) is 0. The van der Waals surface area contributed by atoms with E-state index in [0.29, 0.717) is 18.7 Å². The number of anilines is 1. The summed E-state index contributed by atoms with van der Waals surface area (Å²) >= 11 is 0. The monoisotopic (exact) mass is 179 g/mol. The van der Waals surface area contributed by atoms with Gasteiger partial charge in [-0.3, -0.25) is 4.79 Å². The van der Waals surface area contributed by atoms with Gasteiger partial charge >= 0.3 is 0 Å². The fraction of sp³-hybridized carbons (Fsp3) is 0.300. The zero-order valence-corrected chi connectivity index (χ0v) is 7.16. The fourth-order valence-electron chi connectivity index (χ4n) is 1.57. The third-order valence-electron chi connectivity index (χ3n) is 2.19. The Hall–Kier alpha value is -1.38. The van der Waals surface area contributed by atoms with Crippen LogP contribution >= 0.6 is 0 Å². The SMILES string of the molecule is O=C1CCCN1c1cccc(F)c1. The Kier molecular flexibility index (Phi) is 2.00. The van der Waals surface area contributed by atoms with Crippen LogP contribution in [0.3, 0.4) is 0 Å². The maximum Gasteiger partial charge on any atom is 0.227 e. The average Bonchev–Trinajstić information content (AvgIpc) is 2.51. The number of amides is 1. The molecule has 0 spiro atoms. The number of nitrogens with zero attached hydrogens (tertiary/aromatic N) is 1. The van der Waals surface area contributed by atoms with Crippen LogP contribution in [-0.4, -0.2) is 12.5 Å². The van der Waals surface area contributed by atoms with Crippen molar-refractivity contribution in [1.82, 2.24) is 0 Å². The van der Waals surface area contributed by atoms with Crippen LogP contribution in [0.15, 0.2) is 24.3 Å². The summed E-state index contributed by atoms with van der Waals surface area (Å²) in [5.74, 6) is -0.206. The molecule has 68 valence electrons. The van der Waals surface area contributed by atoms with E-state index < -0.39 is 0 Å². The lowest BCUT2D eigenvalue weighted by atomic mass is 10.3. The van der Waals surface area contributed by atoms with Crippen molar-refractivity contribution < 1.29 is 9.18 Å². The highest BCUT2D eigenvalue weighted by molar-refractivity contribution is 5.95. The van der Waals surface area contributed by atoms with Crippen LogP contribution in [0, 0.1) is 5.82 Å². The molecule has 1 heterocycles. The minimum absolute atomic E-state index is 0.0885. The molecule has 0 aliphatic carbocycles. The highest BCUT2D eigenvalue weighted by Crippen LogP contribution is 2.21. The summed E-state index contributed by atoms with van der Waals surface area (Å²) in [5, 5.41) is 0. The zero-order chi connectivity index (χ0) is 9.26. The number of benzene rings is 1. The molecule has 1 fully saturated rings. The first-order valence-corrected chi connectivity index (χ1v) is 4.33. The molecule has 1 saturated heterocycles. The predicted molar refractivity (Wildman–Crippen MR) is 48.0 cm³/mol. The van der Waals surface area contributed by atoms with Crippen molar-refractivity contribution >= 4 is 11.6 Å². The summed E-state index contributed by atoms with van der Waals surface area (Å²) in [4.78, 5) is 12.9. The predicted octanol–water partition coefficient (Wildman–Crippen LogP) is 1.95. The van der Waals surface area contributed by atoms with E-state index in [4.69, 9.17) is 0 Å². The number of halogens is 1. The molecule has 1 aromatic rings. The number of carbonyl (C=O) groups is 1. The van der Waals surface area contributed by atoms with Gasteiger partial charge in [0.15, 0.2) is 0 Å². The molecule has 0 aromatic heterocycles. The lowest BCUT2D eigenvalue weighted by Gasteiger charge is -2.14. The van der Waals surface area contributed by atoms with Gasteiger partial charge < -0.3 is 4.90 Å². The molecule has 1 amide bonds. The summed E-state index contributed by atoms with van der Waals surface area (Å²) in [5.41, 5.74) is 0.669. The molecule has 1 aliphatic rings. The standard InChI is InChI=1S/C10H10FNO/c11-8-3-1-4-9(7-8)12-6-2-5-10(12)13/h1,3-4,7H,2,5-6H2. The molecular weight excluding hydrogens is 169 g/mol. The number of carbonyl (C=O) groups excluding carboxylic acids is 1. The lowest BCUT2D eigenvalue weighted by molar-refractivity contribution is -0.117. The van der Waals surface area contributed by atoms with Gasteiger partial charge in [-0.25, -0.2) is 4.39 Å². The quantitative estimate of drug-likeness (QED) is 0.645. The van der Waals surface area contributed by atoms with Gasteiger partial charge in [-0.15, -0.1) is 0 Å². The summed E-state index contributed by atoms with van der Waals surface area (Å²) in [6.45, 7) is 0.711. The molecule has 13 heavy (non-hydrogen) atoms. The zero-order valence-electron chi connectivity index (χ0n) is 7.16. The van der Waals surface area contributed by atoms with E-state index in [9.17, 15) is 9.18 Å². The first kappa shape index (κ1) is 8.23. The molecule has 1 aromatic carbocycles. The Morgan fingerprint density at radius 1 is 1.38 bits per heavy atom. The molecule has 0 N–H and O–H groups in total. The van der Waals surface area contributed by atoms with Crippen LogP contribution in [0.4, 0.5) is 10.1 Å². The van der Waals surface area contributed by atoms with Gasteiger partial charge in [0.2, 0.25) is 5.91 Å². The van der Waals surface area contributed by atoms with Gasteiger partial charge in [0, 0.05) is 18.7 Å². The van der Waals surface area contributed by atoms with Crippen molar-refractivity contribution in [2.45, 2.75) is 12.8 Å². The second kappa shape index (κ2) is 3.17. The van der Waals surface area contributed by atoms with E-state index in [-0.39, 0.29) is 11.7 Å². The van der Waals surface area contributed by atoms with Gasteiger partial charge in [-0.1, -0.05) is 6.07 Å². The summed E-state index contributed by atoms with van der Waals surface area (Å²) < 4.78 is 12.8. The molecule has 1 aliphatic heterocycles. The number of hydrogen-bond acceptors (Lipinski definition) is 1. The van der Waals surface area contributed by atoms with Gasteiger partial charge in [-0.2, -0.15) is 0 Å². The summed E-state index contributed by atoms with van der Waals surface area (Å²) in [6.07, 6.45) is 1.45. The van der Waals surface area contributed by atoms with Crippen LogP contribution in [0.1, 0.15) is 12.8 Å². The van der Waals surface area contributed by atoms with Crippen LogP contribution < -0.4 is 4.90 Å². The summed E-state index contributed by atoms with van der Waals surface area (Å²) in [7, 11) is 0. The smallest absolute Gasteiger partial charge is 0.227 e. The normalized spacial score (nSPS) is 16.7. The molecule has 0 radical (unpaired) electrons. The van der Waals surface area contributed by atoms with Crippen molar-refractivity contribution in [2.24, 2.45) is 0 Å². The van der Waals surface area contributed by atoms with E-state index >= 15 is 0 Å². The van der Waals surface area contributed by atoms with Crippen molar-refractivity contribution in [3.8, 4) is 0 Å². The largest absolute Gasteiger partial charge is 0.312 e. The van der Waals surface area contributed by atoms with E-state index in [0.717, 1.165) is 6.42 Å². The van der Waals surface area contributed by atoms with E-state index in [1.165, 1.54) is 12.1 Å². The summed E-state index contributed by atoms with van der Waals surface area (Å²) in [6, 6.07) is 6.15. The van der Waals surface area contributed by atoms with E-state index in [2.05, 4.69) is 0 Å². The fourth-order valence-corrected chi connectivity index (χ4v) is 1.57. The average molecular weight is 179 g/mol. The minimum atomic E-state index is -0.294. The van der Waals surface area contributed by atoms with Crippen molar-refractivity contribution in [3.63, 3.8) is 0 Å².